The van der Waals surface area contributed by atoms with Gasteiger partial charge in [-0.3, -0.25) is 4.79 Å². The number of para-hydroxylation sites is 1. The number of aromatic nitrogens is 2. The lowest BCUT2D eigenvalue weighted by molar-refractivity contribution is -0.115. The molecule has 0 unspecified atom stereocenters. The fourth-order valence-corrected chi connectivity index (χ4v) is 4.35. The first-order valence-corrected chi connectivity index (χ1v) is 9.59. The van der Waals surface area contributed by atoms with E-state index in [0.29, 0.717) is 23.9 Å². The van der Waals surface area contributed by atoms with E-state index in [2.05, 4.69) is 20.4 Å². The summed E-state index contributed by atoms with van der Waals surface area (Å²) in [5.41, 5.74) is 0.614. The van der Waals surface area contributed by atoms with Gasteiger partial charge in [0.25, 0.3) is 0 Å². The molecule has 0 spiro atoms. The minimum atomic E-state index is -0.299. The summed E-state index contributed by atoms with van der Waals surface area (Å²) in [5, 5.41) is 12.3. The Kier molecular flexibility index (Phi) is 5.94. The average Bonchev–Trinajstić information content (AvgIpc) is 3.06. The Bertz CT molecular complexity index is 706. The largest absolute Gasteiger partial charge is 0.378 e. The highest BCUT2D eigenvalue weighted by Crippen LogP contribution is 2.32. The molecule has 1 aromatic carbocycles. The number of nitrogens with one attached hydrogen (secondary N) is 1. The van der Waals surface area contributed by atoms with E-state index >= 15 is 0 Å². The zero-order valence-electron chi connectivity index (χ0n) is 13.1. The van der Waals surface area contributed by atoms with Gasteiger partial charge >= 0.3 is 0 Å². The second kappa shape index (κ2) is 8.15. The summed E-state index contributed by atoms with van der Waals surface area (Å²) in [6.07, 6.45) is 0. The summed E-state index contributed by atoms with van der Waals surface area (Å²) in [6.45, 7) is 4.90. The number of hydrogen-bond donors (Lipinski definition) is 1. The summed E-state index contributed by atoms with van der Waals surface area (Å²) < 4.78 is 6.11. The van der Waals surface area contributed by atoms with Crippen LogP contribution >= 0.6 is 34.7 Å². The van der Waals surface area contributed by atoms with Crippen molar-refractivity contribution in [1.29, 1.82) is 0 Å². The maximum Gasteiger partial charge on any atom is 0.237 e. The Morgan fingerprint density at radius 1 is 1.38 bits per heavy atom. The van der Waals surface area contributed by atoms with Crippen LogP contribution in [0.2, 0.25) is 5.02 Å². The lowest BCUT2D eigenvalue weighted by Gasteiger charge is -2.25. The van der Waals surface area contributed by atoms with Crippen molar-refractivity contribution in [1.82, 2.24) is 10.2 Å². The molecule has 1 saturated heterocycles. The maximum atomic E-state index is 12.3. The molecule has 0 saturated carbocycles. The Labute approximate surface area is 153 Å². The van der Waals surface area contributed by atoms with Crippen LogP contribution in [0.5, 0.6) is 0 Å². The van der Waals surface area contributed by atoms with Crippen molar-refractivity contribution in [3.8, 4) is 0 Å². The molecule has 1 aliphatic heterocycles. The third-order valence-corrected chi connectivity index (χ3v) is 5.95. The summed E-state index contributed by atoms with van der Waals surface area (Å²) in [7, 11) is 0. The number of ether oxygens (including phenoxy) is 1. The van der Waals surface area contributed by atoms with E-state index in [1.807, 2.05) is 19.1 Å². The topological polar surface area (TPSA) is 67.3 Å². The Balaban J connectivity index is 1.58. The third kappa shape index (κ3) is 4.38. The summed E-state index contributed by atoms with van der Waals surface area (Å²) in [4.78, 5) is 14.5. The van der Waals surface area contributed by atoms with Crippen LogP contribution in [0.25, 0.3) is 0 Å². The van der Waals surface area contributed by atoms with E-state index in [1.165, 1.54) is 23.1 Å². The van der Waals surface area contributed by atoms with E-state index < -0.39 is 0 Å². The maximum absolute atomic E-state index is 12.3. The Hall–Kier alpha value is -1.35. The number of morpholine rings is 1. The lowest BCUT2D eigenvalue weighted by atomic mass is 10.3. The van der Waals surface area contributed by atoms with Crippen LogP contribution in [-0.4, -0.2) is 47.7 Å². The molecule has 6 nitrogen and oxygen atoms in total. The van der Waals surface area contributed by atoms with Crippen LogP contribution in [0, 0.1) is 0 Å². The van der Waals surface area contributed by atoms with Gasteiger partial charge < -0.3 is 15.0 Å². The smallest absolute Gasteiger partial charge is 0.237 e. The van der Waals surface area contributed by atoms with Gasteiger partial charge in [-0.1, -0.05) is 46.8 Å². The molecule has 1 aromatic heterocycles. The quantitative estimate of drug-likeness (QED) is 0.799. The van der Waals surface area contributed by atoms with Crippen LogP contribution in [0.4, 0.5) is 10.8 Å². The number of rotatable bonds is 5. The normalized spacial score (nSPS) is 16.0. The molecule has 128 valence electrons. The Morgan fingerprint density at radius 3 is 2.88 bits per heavy atom. The average molecular weight is 385 g/mol. The minimum absolute atomic E-state index is 0.115. The van der Waals surface area contributed by atoms with Crippen LogP contribution in [0.3, 0.4) is 0 Å². The summed E-state index contributed by atoms with van der Waals surface area (Å²) in [5.74, 6) is -0.115. The number of halogens is 1. The number of anilines is 2. The van der Waals surface area contributed by atoms with Gasteiger partial charge in [0.2, 0.25) is 11.0 Å². The Morgan fingerprint density at radius 2 is 2.12 bits per heavy atom. The van der Waals surface area contributed by atoms with Gasteiger partial charge in [0.1, 0.15) is 0 Å². The second-order valence-electron chi connectivity index (χ2n) is 5.18. The highest BCUT2D eigenvalue weighted by atomic mass is 35.5. The molecule has 0 aliphatic carbocycles. The lowest BCUT2D eigenvalue weighted by Crippen LogP contribution is -2.36. The van der Waals surface area contributed by atoms with Gasteiger partial charge in [-0.15, -0.1) is 10.2 Å². The highest BCUT2D eigenvalue weighted by Gasteiger charge is 2.20. The molecule has 9 heteroatoms. The number of amides is 1. The van der Waals surface area contributed by atoms with Crippen molar-refractivity contribution in [2.75, 3.05) is 36.5 Å². The van der Waals surface area contributed by atoms with Gasteiger partial charge in [0.05, 0.1) is 29.2 Å². The first-order valence-electron chi connectivity index (χ1n) is 7.52. The third-order valence-electron chi connectivity index (χ3n) is 3.46. The van der Waals surface area contributed by atoms with E-state index in [4.69, 9.17) is 16.3 Å². The zero-order chi connectivity index (χ0) is 16.9. The monoisotopic (exact) mass is 384 g/mol. The zero-order valence-corrected chi connectivity index (χ0v) is 15.5. The molecule has 1 amide bonds. The van der Waals surface area contributed by atoms with Crippen molar-refractivity contribution >= 4 is 51.4 Å². The fourth-order valence-electron chi connectivity index (χ4n) is 2.13. The molecule has 2 heterocycles. The summed E-state index contributed by atoms with van der Waals surface area (Å²) >= 11 is 8.96. The SMILES string of the molecule is C[C@H](Sc1nnc(N2CCOCC2)s1)C(=O)Nc1ccccc1Cl. The van der Waals surface area contributed by atoms with Gasteiger partial charge in [-0.25, -0.2) is 0 Å². The number of thioether (sulfide) groups is 1. The van der Waals surface area contributed by atoms with Crippen molar-refractivity contribution in [2.24, 2.45) is 0 Å². The van der Waals surface area contributed by atoms with E-state index in [-0.39, 0.29) is 11.2 Å². The molecule has 2 aromatic rings. The molecular weight excluding hydrogens is 368 g/mol. The number of carbonyl (C=O) groups excluding carboxylic acids is 1. The highest BCUT2D eigenvalue weighted by molar-refractivity contribution is 8.02. The molecule has 1 aliphatic rings. The van der Waals surface area contributed by atoms with E-state index in [1.54, 1.807) is 12.1 Å². The van der Waals surface area contributed by atoms with Crippen LogP contribution in [0.15, 0.2) is 28.6 Å². The predicted octanol–water partition coefficient (Wildman–Crippen LogP) is 3.15. The molecule has 1 fully saturated rings. The molecular formula is C15H17ClN4O2S2. The number of hydrogen-bond acceptors (Lipinski definition) is 7. The van der Waals surface area contributed by atoms with E-state index in [0.717, 1.165) is 22.6 Å². The van der Waals surface area contributed by atoms with E-state index in [9.17, 15) is 4.79 Å². The first-order chi connectivity index (χ1) is 11.6. The standard InChI is InChI=1S/C15H17ClN4O2S2/c1-10(13(21)17-12-5-3-2-4-11(12)16)23-15-19-18-14(24-15)20-6-8-22-9-7-20/h2-5,10H,6-9H2,1H3,(H,17,21)/t10-/m0/s1. The minimum Gasteiger partial charge on any atom is -0.378 e. The molecule has 1 N–H and O–H groups in total. The fraction of sp³-hybridized carbons (Fsp3) is 0.400. The predicted molar refractivity (Wildman–Crippen MR) is 98.3 cm³/mol. The van der Waals surface area contributed by atoms with Crippen molar-refractivity contribution < 1.29 is 9.53 Å². The number of nitrogens with zero attached hydrogens (tertiary/aromatic N) is 3. The van der Waals surface area contributed by atoms with Crippen LogP contribution < -0.4 is 10.2 Å². The summed E-state index contributed by atoms with van der Waals surface area (Å²) in [6, 6.07) is 7.18. The van der Waals surface area contributed by atoms with Crippen molar-refractivity contribution in [3.05, 3.63) is 29.3 Å². The molecule has 1 atom stereocenters. The number of carbonyl (C=O) groups is 1. The van der Waals surface area contributed by atoms with Gasteiger partial charge in [0.15, 0.2) is 4.34 Å². The first kappa shape index (κ1) is 17.5. The second-order valence-corrected chi connectivity index (χ2v) is 8.13. The molecule has 3 rings (SSSR count). The van der Waals surface area contributed by atoms with Crippen LogP contribution in [-0.2, 0) is 9.53 Å². The molecule has 0 radical (unpaired) electrons. The van der Waals surface area contributed by atoms with Crippen LogP contribution in [0.1, 0.15) is 6.92 Å². The molecule has 24 heavy (non-hydrogen) atoms. The molecule has 0 bridgehead atoms. The van der Waals surface area contributed by atoms with Gasteiger partial charge in [-0.05, 0) is 19.1 Å². The number of benzene rings is 1. The van der Waals surface area contributed by atoms with Crippen molar-refractivity contribution in [3.63, 3.8) is 0 Å². The van der Waals surface area contributed by atoms with Gasteiger partial charge in [0, 0.05) is 13.1 Å². The van der Waals surface area contributed by atoms with Crippen molar-refractivity contribution in [2.45, 2.75) is 16.5 Å². The van der Waals surface area contributed by atoms with Gasteiger partial charge in [-0.2, -0.15) is 0 Å².